The summed E-state index contributed by atoms with van der Waals surface area (Å²) in [5.74, 6) is 2.55. The van der Waals surface area contributed by atoms with E-state index < -0.39 is 0 Å². The number of nitrogens with zero attached hydrogens (tertiary/aromatic N) is 7. The molecule has 0 amide bonds. The van der Waals surface area contributed by atoms with Crippen LogP contribution in [0.5, 0.6) is 0 Å². The number of aryl methyl sites for hydroxylation is 1. The highest BCUT2D eigenvalue weighted by Crippen LogP contribution is 2.43. The number of morpholine rings is 1. The van der Waals surface area contributed by atoms with E-state index in [-0.39, 0.29) is 5.41 Å². The van der Waals surface area contributed by atoms with Gasteiger partial charge in [-0.15, -0.1) is 0 Å². The third-order valence-corrected chi connectivity index (χ3v) is 7.56. The number of hydrogen-bond acceptors (Lipinski definition) is 7. The summed E-state index contributed by atoms with van der Waals surface area (Å²) in [7, 11) is 1.87. The quantitative estimate of drug-likeness (QED) is 0.575. The fourth-order valence-electron chi connectivity index (χ4n) is 5.57. The van der Waals surface area contributed by atoms with E-state index in [9.17, 15) is 0 Å². The van der Waals surface area contributed by atoms with E-state index in [2.05, 4.69) is 45.3 Å². The van der Waals surface area contributed by atoms with Crippen LogP contribution in [0.25, 0.3) is 16.7 Å². The summed E-state index contributed by atoms with van der Waals surface area (Å²) in [6, 6.07) is 9.20. The maximum atomic E-state index is 5.72. The molecule has 33 heavy (non-hydrogen) atoms. The summed E-state index contributed by atoms with van der Waals surface area (Å²) in [5, 5.41) is 5.84. The third kappa shape index (κ3) is 3.61. The Morgan fingerprint density at radius 2 is 2.00 bits per heavy atom. The summed E-state index contributed by atoms with van der Waals surface area (Å²) in [6.07, 6.45) is 7.60. The van der Waals surface area contributed by atoms with Gasteiger partial charge in [0, 0.05) is 56.3 Å². The van der Waals surface area contributed by atoms with Crippen molar-refractivity contribution in [3.05, 3.63) is 41.9 Å². The summed E-state index contributed by atoms with van der Waals surface area (Å²) >= 11 is 0. The molecule has 0 N–H and O–H groups in total. The van der Waals surface area contributed by atoms with Crippen molar-refractivity contribution in [1.29, 1.82) is 0 Å². The highest BCUT2D eigenvalue weighted by molar-refractivity contribution is 5.84. The largest absolute Gasteiger partial charge is 0.378 e. The van der Waals surface area contributed by atoms with Gasteiger partial charge in [0.05, 0.1) is 31.0 Å². The van der Waals surface area contributed by atoms with Crippen molar-refractivity contribution in [2.24, 2.45) is 4.99 Å². The molecule has 3 aliphatic rings. The van der Waals surface area contributed by atoms with Crippen LogP contribution in [0.4, 0.5) is 5.82 Å². The molecule has 8 heteroatoms. The van der Waals surface area contributed by atoms with Crippen LogP contribution < -0.4 is 4.90 Å². The molecule has 3 fully saturated rings. The molecule has 6 rings (SSSR count). The minimum atomic E-state index is 0.0620. The molecule has 0 spiro atoms. The van der Waals surface area contributed by atoms with Gasteiger partial charge >= 0.3 is 0 Å². The van der Waals surface area contributed by atoms with Crippen LogP contribution in [-0.4, -0.2) is 83.3 Å². The topological polar surface area (TPSA) is 71.7 Å². The van der Waals surface area contributed by atoms with Crippen molar-refractivity contribution >= 4 is 22.9 Å². The van der Waals surface area contributed by atoms with Gasteiger partial charge in [0.25, 0.3) is 0 Å². The van der Waals surface area contributed by atoms with Gasteiger partial charge in [0.15, 0.2) is 5.82 Å². The first kappa shape index (κ1) is 20.7. The molecule has 2 saturated heterocycles. The standard InChI is InChI=1S/C25H31N7O/c1-18-28-23(31-9-8-30-10-11-33-16-21(30)15-31)13-24(29-18)32-22-12-20(5-4-19(22)14-27-32)25(17-26-2)6-3-7-25/h4-5,12-14,17,21H,3,6-11,15-16H2,1-2H3/t21-/m0/s1. The van der Waals surface area contributed by atoms with E-state index in [1.807, 2.05) is 24.9 Å². The average Bonchev–Trinajstić information content (AvgIpc) is 3.24. The smallest absolute Gasteiger partial charge is 0.159 e. The minimum absolute atomic E-state index is 0.0620. The lowest BCUT2D eigenvalue weighted by molar-refractivity contribution is -0.0117. The van der Waals surface area contributed by atoms with Gasteiger partial charge in [0.1, 0.15) is 11.6 Å². The molecule has 0 unspecified atom stereocenters. The molecule has 4 heterocycles. The van der Waals surface area contributed by atoms with E-state index in [4.69, 9.17) is 19.8 Å². The number of aliphatic imine (C=N–C) groups is 1. The first-order valence-electron chi connectivity index (χ1n) is 12.0. The van der Waals surface area contributed by atoms with Gasteiger partial charge in [-0.25, -0.2) is 14.6 Å². The number of piperazine rings is 1. The molecule has 0 bridgehead atoms. The van der Waals surface area contributed by atoms with E-state index in [1.165, 1.54) is 12.0 Å². The number of hydrogen-bond donors (Lipinski definition) is 0. The Bertz CT molecular complexity index is 1200. The van der Waals surface area contributed by atoms with Crippen LogP contribution in [0.15, 0.2) is 35.5 Å². The molecule has 2 aliphatic heterocycles. The Balaban J connectivity index is 1.36. The molecule has 1 aliphatic carbocycles. The normalized spacial score (nSPS) is 23.1. The van der Waals surface area contributed by atoms with Crippen LogP contribution in [0.2, 0.25) is 0 Å². The third-order valence-electron chi connectivity index (χ3n) is 7.56. The highest BCUT2D eigenvalue weighted by Gasteiger charge is 2.37. The molecule has 2 aromatic heterocycles. The number of ether oxygens (including phenoxy) is 1. The maximum absolute atomic E-state index is 5.72. The van der Waals surface area contributed by atoms with Gasteiger partial charge in [-0.2, -0.15) is 5.10 Å². The zero-order valence-corrected chi connectivity index (χ0v) is 19.4. The predicted octanol–water partition coefficient (Wildman–Crippen LogP) is 2.77. The predicted molar refractivity (Wildman–Crippen MR) is 130 cm³/mol. The van der Waals surface area contributed by atoms with Crippen molar-refractivity contribution in [2.45, 2.75) is 37.6 Å². The molecule has 3 aromatic rings. The fourth-order valence-corrected chi connectivity index (χ4v) is 5.57. The zero-order chi connectivity index (χ0) is 22.4. The second kappa shape index (κ2) is 8.18. The lowest BCUT2D eigenvalue weighted by Crippen LogP contribution is -2.58. The Morgan fingerprint density at radius 1 is 1.12 bits per heavy atom. The molecule has 8 nitrogen and oxygen atoms in total. The van der Waals surface area contributed by atoms with Crippen LogP contribution >= 0.6 is 0 Å². The Morgan fingerprint density at radius 3 is 2.82 bits per heavy atom. The maximum Gasteiger partial charge on any atom is 0.159 e. The SMILES string of the molecule is CN=CC1(c2ccc3cnn(-c4cc(N5CCN6CCOC[C@@H]6C5)nc(C)n4)c3c2)CCC1. The van der Waals surface area contributed by atoms with Crippen molar-refractivity contribution < 1.29 is 4.74 Å². The lowest BCUT2D eigenvalue weighted by Gasteiger charge is -2.44. The van der Waals surface area contributed by atoms with Gasteiger partial charge in [0.2, 0.25) is 0 Å². The second-order valence-corrected chi connectivity index (χ2v) is 9.57. The minimum Gasteiger partial charge on any atom is -0.378 e. The second-order valence-electron chi connectivity index (χ2n) is 9.57. The lowest BCUT2D eigenvalue weighted by atomic mass is 9.65. The number of benzene rings is 1. The summed E-state index contributed by atoms with van der Waals surface area (Å²) in [5.41, 5.74) is 2.46. The molecule has 1 atom stereocenters. The zero-order valence-electron chi connectivity index (χ0n) is 19.4. The van der Waals surface area contributed by atoms with E-state index in [1.54, 1.807) is 0 Å². The number of fused-ring (bicyclic) bond motifs is 2. The summed E-state index contributed by atoms with van der Waals surface area (Å²) in [4.78, 5) is 18.8. The van der Waals surface area contributed by atoms with Crippen LogP contribution in [0.3, 0.4) is 0 Å². The average molecular weight is 446 g/mol. The van der Waals surface area contributed by atoms with Gasteiger partial charge in [-0.1, -0.05) is 18.6 Å². The van der Waals surface area contributed by atoms with E-state index in [0.717, 1.165) is 80.6 Å². The highest BCUT2D eigenvalue weighted by atomic mass is 16.5. The summed E-state index contributed by atoms with van der Waals surface area (Å²) in [6.45, 7) is 7.56. The number of rotatable bonds is 4. The summed E-state index contributed by atoms with van der Waals surface area (Å²) < 4.78 is 7.69. The Hall–Kier alpha value is -2.84. The number of aromatic nitrogens is 4. The van der Waals surface area contributed by atoms with Crippen LogP contribution in [0, 0.1) is 6.92 Å². The van der Waals surface area contributed by atoms with Gasteiger partial charge in [-0.05, 0) is 31.4 Å². The molecular weight excluding hydrogens is 414 g/mol. The molecular formula is C25H31N7O. The van der Waals surface area contributed by atoms with Crippen LogP contribution in [0.1, 0.15) is 30.7 Å². The van der Waals surface area contributed by atoms with Crippen molar-refractivity contribution in [1.82, 2.24) is 24.6 Å². The number of anilines is 1. The first-order chi connectivity index (χ1) is 16.1. The van der Waals surface area contributed by atoms with E-state index >= 15 is 0 Å². The van der Waals surface area contributed by atoms with Gasteiger partial charge < -0.3 is 9.64 Å². The first-order valence-corrected chi connectivity index (χ1v) is 12.0. The van der Waals surface area contributed by atoms with Crippen LogP contribution in [-0.2, 0) is 10.2 Å². The Labute approximate surface area is 194 Å². The van der Waals surface area contributed by atoms with Crippen molar-refractivity contribution in [3.63, 3.8) is 0 Å². The Kier molecular flexibility index (Phi) is 5.14. The monoisotopic (exact) mass is 445 g/mol. The van der Waals surface area contributed by atoms with Crippen molar-refractivity contribution in [3.8, 4) is 5.82 Å². The molecule has 1 aromatic carbocycles. The van der Waals surface area contributed by atoms with Gasteiger partial charge in [-0.3, -0.25) is 9.89 Å². The molecule has 1 saturated carbocycles. The van der Waals surface area contributed by atoms with Crippen molar-refractivity contribution in [2.75, 3.05) is 51.3 Å². The molecule has 172 valence electrons. The fraction of sp³-hybridized carbons (Fsp3) is 0.520. The van der Waals surface area contributed by atoms with E-state index in [0.29, 0.717) is 6.04 Å². The molecule has 0 radical (unpaired) electrons.